The van der Waals surface area contributed by atoms with Gasteiger partial charge in [0.15, 0.2) is 0 Å². The Morgan fingerprint density at radius 3 is 2.36 bits per heavy atom. The van der Waals surface area contributed by atoms with Crippen molar-refractivity contribution in [1.82, 2.24) is 0 Å². The van der Waals surface area contributed by atoms with E-state index in [0.717, 1.165) is 0 Å². The lowest BCUT2D eigenvalue weighted by Crippen LogP contribution is -1.62. The van der Waals surface area contributed by atoms with Crippen LogP contribution in [0.15, 0.2) is 47.2 Å². The van der Waals surface area contributed by atoms with Gasteiger partial charge in [-0.15, -0.1) is 0 Å². The minimum absolute atomic E-state index is 1.53. The van der Waals surface area contributed by atoms with Gasteiger partial charge in [0.1, 0.15) is 0 Å². The average Bonchev–Trinajstić information content (AvgIpc) is 2.03. The van der Waals surface area contributed by atoms with Crippen LogP contribution in [-0.4, -0.2) is 12.4 Å². The second-order valence-electron chi connectivity index (χ2n) is 1.68. The molecule has 0 aliphatic rings. The molecule has 0 aromatic carbocycles. The van der Waals surface area contributed by atoms with Gasteiger partial charge in [-0.2, -0.15) is 10.2 Å². The Morgan fingerprint density at radius 2 is 1.73 bits per heavy atom. The Kier molecular flexibility index (Phi) is 7.44. The highest BCUT2D eigenvalue weighted by atomic mass is 15.2. The van der Waals surface area contributed by atoms with Gasteiger partial charge in [-0.3, -0.25) is 0 Å². The standard InChI is InChI=1S/C9H12N2/c1-3-5-6-7-9-11-10-8-4-2/h3-9H,2H2,1H3/b5-3-,7-6+,10-8+,11-9-. The van der Waals surface area contributed by atoms with Gasteiger partial charge in [0.2, 0.25) is 0 Å². The van der Waals surface area contributed by atoms with Crippen molar-refractivity contribution < 1.29 is 0 Å². The zero-order valence-electron chi connectivity index (χ0n) is 6.64. The maximum atomic E-state index is 3.69. The van der Waals surface area contributed by atoms with E-state index in [0.29, 0.717) is 0 Å². The van der Waals surface area contributed by atoms with Crippen molar-refractivity contribution in [1.29, 1.82) is 0 Å². The molecule has 2 nitrogen and oxygen atoms in total. The molecule has 0 bridgehead atoms. The molecule has 0 aliphatic heterocycles. The van der Waals surface area contributed by atoms with E-state index in [1.165, 1.54) is 6.21 Å². The Labute approximate surface area is 67.4 Å². The van der Waals surface area contributed by atoms with Crippen LogP contribution in [0, 0.1) is 0 Å². The summed E-state index contributed by atoms with van der Waals surface area (Å²) < 4.78 is 0. The average molecular weight is 148 g/mol. The fourth-order valence-electron chi connectivity index (χ4n) is 0.388. The lowest BCUT2D eigenvalue weighted by atomic mass is 10.4. The molecule has 0 saturated heterocycles. The van der Waals surface area contributed by atoms with Crippen LogP contribution in [0.3, 0.4) is 0 Å². The topological polar surface area (TPSA) is 24.7 Å². The first-order chi connectivity index (χ1) is 5.41. The highest BCUT2D eigenvalue weighted by Crippen LogP contribution is 1.74. The summed E-state index contributed by atoms with van der Waals surface area (Å²) in [5.74, 6) is 0. The van der Waals surface area contributed by atoms with Crippen LogP contribution in [0.4, 0.5) is 0 Å². The fourth-order valence-corrected chi connectivity index (χ4v) is 0.388. The molecule has 0 radical (unpaired) electrons. The van der Waals surface area contributed by atoms with Crippen molar-refractivity contribution in [3.8, 4) is 0 Å². The number of hydrogen-bond donors (Lipinski definition) is 0. The molecule has 2 heteroatoms. The number of hydrogen-bond acceptors (Lipinski definition) is 2. The van der Waals surface area contributed by atoms with Crippen molar-refractivity contribution in [3.05, 3.63) is 37.0 Å². The van der Waals surface area contributed by atoms with Crippen molar-refractivity contribution >= 4 is 12.4 Å². The maximum absolute atomic E-state index is 3.69. The zero-order valence-corrected chi connectivity index (χ0v) is 6.64. The van der Waals surface area contributed by atoms with E-state index in [1.807, 2.05) is 25.2 Å². The van der Waals surface area contributed by atoms with Crippen molar-refractivity contribution in [2.45, 2.75) is 6.92 Å². The third-order valence-corrected chi connectivity index (χ3v) is 0.806. The molecule has 0 spiro atoms. The molecule has 11 heavy (non-hydrogen) atoms. The minimum Gasteiger partial charge on any atom is -0.159 e. The molecule has 0 aliphatic carbocycles. The third kappa shape index (κ3) is 8.56. The van der Waals surface area contributed by atoms with Crippen LogP contribution in [0.2, 0.25) is 0 Å². The van der Waals surface area contributed by atoms with Crippen LogP contribution in [0.25, 0.3) is 0 Å². The van der Waals surface area contributed by atoms with E-state index in [4.69, 9.17) is 0 Å². The minimum atomic E-state index is 1.53. The first-order valence-electron chi connectivity index (χ1n) is 3.37. The number of nitrogens with zero attached hydrogens (tertiary/aromatic N) is 2. The van der Waals surface area contributed by atoms with Gasteiger partial charge in [0.25, 0.3) is 0 Å². The molecule has 0 saturated carbocycles. The molecule has 0 aromatic heterocycles. The smallest absolute Gasteiger partial charge is 0.0495 e. The molecule has 0 aromatic rings. The summed E-state index contributed by atoms with van der Waals surface area (Å²) in [6, 6.07) is 0. The second-order valence-corrected chi connectivity index (χ2v) is 1.68. The Balaban J connectivity index is 3.59. The van der Waals surface area contributed by atoms with Crippen LogP contribution in [0.5, 0.6) is 0 Å². The summed E-state index contributed by atoms with van der Waals surface area (Å²) in [5.41, 5.74) is 0. The second kappa shape index (κ2) is 8.56. The molecule has 0 amide bonds. The van der Waals surface area contributed by atoms with Gasteiger partial charge in [0, 0.05) is 12.4 Å². The summed E-state index contributed by atoms with van der Waals surface area (Å²) in [6.07, 6.45) is 12.3. The summed E-state index contributed by atoms with van der Waals surface area (Å²) in [5, 5.41) is 7.32. The van der Waals surface area contributed by atoms with Crippen molar-refractivity contribution in [3.63, 3.8) is 0 Å². The van der Waals surface area contributed by atoms with E-state index >= 15 is 0 Å². The largest absolute Gasteiger partial charge is 0.159 e. The third-order valence-electron chi connectivity index (χ3n) is 0.806. The first kappa shape index (κ1) is 9.56. The molecule has 0 N–H and O–H groups in total. The van der Waals surface area contributed by atoms with Gasteiger partial charge in [-0.1, -0.05) is 24.8 Å². The van der Waals surface area contributed by atoms with Gasteiger partial charge in [-0.05, 0) is 19.1 Å². The normalized spacial score (nSPS) is 12.8. The monoisotopic (exact) mass is 148 g/mol. The zero-order chi connectivity index (χ0) is 8.36. The highest BCUT2D eigenvalue weighted by Gasteiger charge is 1.60. The molecule has 0 atom stereocenters. The van der Waals surface area contributed by atoms with E-state index < -0.39 is 0 Å². The quantitative estimate of drug-likeness (QED) is 0.332. The fraction of sp³-hybridized carbons (Fsp3) is 0.111. The Hall–Kier alpha value is -1.44. The molecule has 0 fully saturated rings. The van der Waals surface area contributed by atoms with Crippen molar-refractivity contribution in [2.24, 2.45) is 10.2 Å². The van der Waals surface area contributed by atoms with Crippen LogP contribution in [0.1, 0.15) is 6.92 Å². The first-order valence-corrected chi connectivity index (χ1v) is 3.37. The van der Waals surface area contributed by atoms with Crippen LogP contribution in [-0.2, 0) is 0 Å². The molecular formula is C9H12N2. The predicted molar refractivity (Wildman–Crippen MR) is 51.1 cm³/mol. The van der Waals surface area contributed by atoms with Gasteiger partial charge < -0.3 is 0 Å². The lowest BCUT2D eigenvalue weighted by Gasteiger charge is -1.71. The molecule has 0 rings (SSSR count). The summed E-state index contributed by atoms with van der Waals surface area (Å²) in [7, 11) is 0. The SMILES string of the molecule is C=C/C=N/N=C\C=C\C=C/C. The van der Waals surface area contributed by atoms with E-state index in [2.05, 4.69) is 16.8 Å². The highest BCUT2D eigenvalue weighted by molar-refractivity contribution is 5.74. The lowest BCUT2D eigenvalue weighted by molar-refractivity contribution is 1.27. The van der Waals surface area contributed by atoms with Crippen LogP contribution >= 0.6 is 0 Å². The number of rotatable bonds is 4. The Bertz CT molecular complexity index is 198. The summed E-state index contributed by atoms with van der Waals surface area (Å²) >= 11 is 0. The maximum Gasteiger partial charge on any atom is 0.0495 e. The van der Waals surface area contributed by atoms with Gasteiger partial charge in [0.05, 0.1) is 0 Å². The molecule has 0 unspecified atom stereocenters. The van der Waals surface area contributed by atoms with Gasteiger partial charge in [-0.25, -0.2) is 0 Å². The number of allylic oxidation sites excluding steroid dienone is 5. The van der Waals surface area contributed by atoms with Crippen LogP contribution < -0.4 is 0 Å². The van der Waals surface area contributed by atoms with E-state index in [1.54, 1.807) is 18.4 Å². The summed E-state index contributed by atoms with van der Waals surface area (Å²) in [6.45, 7) is 5.41. The molecule has 58 valence electrons. The molecule has 0 heterocycles. The van der Waals surface area contributed by atoms with Gasteiger partial charge >= 0.3 is 0 Å². The van der Waals surface area contributed by atoms with E-state index in [-0.39, 0.29) is 0 Å². The van der Waals surface area contributed by atoms with E-state index in [9.17, 15) is 0 Å². The Morgan fingerprint density at radius 1 is 1.00 bits per heavy atom. The predicted octanol–water partition coefficient (Wildman–Crippen LogP) is 2.36. The summed E-state index contributed by atoms with van der Waals surface area (Å²) in [4.78, 5) is 0. The molecular weight excluding hydrogens is 136 g/mol. The van der Waals surface area contributed by atoms with Crippen molar-refractivity contribution in [2.75, 3.05) is 0 Å².